The van der Waals surface area contributed by atoms with Crippen molar-refractivity contribution in [3.63, 3.8) is 0 Å². The quantitative estimate of drug-likeness (QED) is 0.347. The normalized spacial score (nSPS) is 17.2. The van der Waals surface area contributed by atoms with Gasteiger partial charge in [0.15, 0.2) is 5.96 Å². The lowest BCUT2D eigenvalue weighted by molar-refractivity contribution is -0.137. The summed E-state index contributed by atoms with van der Waals surface area (Å²) in [7, 11) is -1.36. The average Bonchev–Trinajstić information content (AvgIpc) is 2.92. The molecule has 1 saturated heterocycles. The molecule has 0 aromatic heterocycles. The van der Waals surface area contributed by atoms with Crippen LogP contribution in [-0.4, -0.2) is 62.6 Å². The molecular formula is C17H26F3IN4O2S. The van der Waals surface area contributed by atoms with E-state index < -0.39 is 21.8 Å². The molecule has 28 heavy (non-hydrogen) atoms. The highest BCUT2D eigenvalue weighted by Crippen LogP contribution is 2.29. The Balaban J connectivity index is 0.00000392. The van der Waals surface area contributed by atoms with Crippen LogP contribution in [0.3, 0.4) is 0 Å². The van der Waals surface area contributed by atoms with Crippen molar-refractivity contribution in [1.29, 1.82) is 0 Å². The standard InChI is InChI=1S/C17H25F3N4O2S.HI/c1-3-21-16(22-9-11-24-10-4-12-27(24,25)26)23(2)13-14-5-7-15(8-6-14)17(18,19)20;/h5-8H,3-4,9-13H2,1-2H3,(H,21,22);1H. The molecule has 1 heterocycles. The lowest BCUT2D eigenvalue weighted by atomic mass is 10.1. The molecule has 6 nitrogen and oxygen atoms in total. The zero-order valence-corrected chi connectivity index (χ0v) is 19.0. The van der Waals surface area contributed by atoms with Crippen LogP contribution in [-0.2, 0) is 22.7 Å². The number of hydrogen-bond donors (Lipinski definition) is 1. The molecule has 160 valence electrons. The third kappa shape index (κ3) is 7.07. The molecule has 1 aliphatic rings. The predicted molar refractivity (Wildman–Crippen MR) is 114 cm³/mol. The second-order valence-corrected chi connectivity index (χ2v) is 8.44. The predicted octanol–water partition coefficient (Wildman–Crippen LogP) is 2.76. The third-order valence-corrected chi connectivity index (χ3v) is 6.17. The van der Waals surface area contributed by atoms with E-state index in [4.69, 9.17) is 0 Å². The van der Waals surface area contributed by atoms with E-state index in [9.17, 15) is 21.6 Å². The maximum atomic E-state index is 12.6. The maximum absolute atomic E-state index is 12.6. The molecule has 0 atom stereocenters. The number of nitrogens with one attached hydrogen (secondary N) is 1. The fourth-order valence-corrected chi connectivity index (χ4v) is 4.35. The fraction of sp³-hybridized carbons (Fsp3) is 0.588. The minimum atomic E-state index is -4.35. The van der Waals surface area contributed by atoms with Crippen LogP contribution in [0.5, 0.6) is 0 Å². The molecule has 1 N–H and O–H groups in total. The molecule has 0 radical (unpaired) electrons. The first-order valence-corrected chi connectivity index (χ1v) is 10.4. The van der Waals surface area contributed by atoms with Gasteiger partial charge in [-0.3, -0.25) is 4.99 Å². The van der Waals surface area contributed by atoms with Crippen molar-refractivity contribution in [1.82, 2.24) is 14.5 Å². The summed E-state index contributed by atoms with van der Waals surface area (Å²) in [5, 5.41) is 3.11. The molecule has 1 fully saturated rings. The summed E-state index contributed by atoms with van der Waals surface area (Å²) in [6.07, 6.45) is -3.71. The number of rotatable bonds is 6. The van der Waals surface area contributed by atoms with Crippen LogP contribution >= 0.6 is 24.0 Å². The number of benzene rings is 1. The number of guanidine groups is 1. The summed E-state index contributed by atoms with van der Waals surface area (Å²) < 4.78 is 63.0. The van der Waals surface area contributed by atoms with Gasteiger partial charge in [-0.2, -0.15) is 13.2 Å². The molecule has 0 aliphatic carbocycles. The molecule has 1 aliphatic heterocycles. The first kappa shape index (κ1) is 25.0. The molecular weight excluding hydrogens is 508 g/mol. The van der Waals surface area contributed by atoms with Crippen molar-refractivity contribution in [2.45, 2.75) is 26.1 Å². The molecule has 0 unspecified atom stereocenters. The molecule has 1 aromatic rings. The highest BCUT2D eigenvalue weighted by atomic mass is 127. The van der Waals surface area contributed by atoms with E-state index in [0.717, 1.165) is 17.7 Å². The molecule has 11 heteroatoms. The van der Waals surface area contributed by atoms with Gasteiger partial charge >= 0.3 is 6.18 Å². The van der Waals surface area contributed by atoms with E-state index in [1.54, 1.807) is 11.9 Å². The number of sulfonamides is 1. The first-order valence-electron chi connectivity index (χ1n) is 8.77. The topological polar surface area (TPSA) is 65.0 Å². The maximum Gasteiger partial charge on any atom is 0.416 e. The van der Waals surface area contributed by atoms with Crippen LogP contribution in [0.4, 0.5) is 13.2 Å². The van der Waals surface area contributed by atoms with E-state index in [1.807, 2.05) is 6.92 Å². The smallest absolute Gasteiger partial charge is 0.357 e. The minimum Gasteiger partial charge on any atom is -0.357 e. The van der Waals surface area contributed by atoms with Gasteiger partial charge in [0.1, 0.15) is 0 Å². The Hall–Kier alpha value is -1.08. The van der Waals surface area contributed by atoms with Crippen LogP contribution in [0.15, 0.2) is 29.3 Å². The zero-order valence-electron chi connectivity index (χ0n) is 15.9. The van der Waals surface area contributed by atoms with Gasteiger partial charge in [0.05, 0.1) is 17.9 Å². The van der Waals surface area contributed by atoms with Gasteiger partial charge in [0.25, 0.3) is 0 Å². The SMILES string of the molecule is CCNC(=NCCN1CCCS1(=O)=O)N(C)Cc1ccc(C(F)(F)F)cc1.I. The zero-order chi connectivity index (χ0) is 20.1. The van der Waals surface area contributed by atoms with Gasteiger partial charge < -0.3 is 10.2 Å². The van der Waals surface area contributed by atoms with Crippen molar-refractivity contribution in [3.05, 3.63) is 35.4 Å². The van der Waals surface area contributed by atoms with E-state index in [-0.39, 0.29) is 29.7 Å². The Bertz CT molecular complexity index is 755. The van der Waals surface area contributed by atoms with Crippen LogP contribution in [0.2, 0.25) is 0 Å². The minimum absolute atomic E-state index is 0. The number of nitrogens with zero attached hydrogens (tertiary/aromatic N) is 3. The largest absolute Gasteiger partial charge is 0.416 e. The summed E-state index contributed by atoms with van der Waals surface area (Å²) in [4.78, 5) is 6.24. The Morgan fingerprint density at radius 2 is 1.93 bits per heavy atom. The van der Waals surface area contributed by atoms with E-state index in [1.165, 1.54) is 16.4 Å². The number of alkyl halides is 3. The summed E-state index contributed by atoms with van der Waals surface area (Å²) in [6, 6.07) is 5.01. The molecule has 0 saturated carbocycles. The van der Waals surface area contributed by atoms with Crippen LogP contribution in [0.1, 0.15) is 24.5 Å². The Morgan fingerprint density at radius 1 is 1.29 bits per heavy atom. The number of aliphatic imine (C=N–C) groups is 1. The molecule has 0 amide bonds. The molecule has 2 rings (SSSR count). The second-order valence-electron chi connectivity index (χ2n) is 6.36. The highest BCUT2D eigenvalue weighted by molar-refractivity contribution is 14.0. The van der Waals surface area contributed by atoms with Crippen molar-refractivity contribution >= 4 is 40.0 Å². The van der Waals surface area contributed by atoms with Gasteiger partial charge in [-0.25, -0.2) is 12.7 Å². The summed E-state index contributed by atoms with van der Waals surface area (Å²) in [5.74, 6) is 0.763. The van der Waals surface area contributed by atoms with Gasteiger partial charge in [0, 0.05) is 33.2 Å². The monoisotopic (exact) mass is 534 g/mol. The van der Waals surface area contributed by atoms with Crippen molar-refractivity contribution < 1.29 is 21.6 Å². The third-order valence-electron chi connectivity index (χ3n) is 4.21. The summed E-state index contributed by atoms with van der Waals surface area (Å²) >= 11 is 0. The molecule has 0 spiro atoms. The van der Waals surface area contributed by atoms with E-state index in [0.29, 0.717) is 45.1 Å². The lowest BCUT2D eigenvalue weighted by Crippen LogP contribution is -2.39. The van der Waals surface area contributed by atoms with Crippen molar-refractivity contribution in [2.75, 3.05) is 39.0 Å². The number of hydrogen-bond acceptors (Lipinski definition) is 3. The van der Waals surface area contributed by atoms with E-state index in [2.05, 4.69) is 10.3 Å². The fourth-order valence-electron chi connectivity index (χ4n) is 2.83. The van der Waals surface area contributed by atoms with Crippen LogP contribution in [0, 0.1) is 0 Å². The highest BCUT2D eigenvalue weighted by Gasteiger charge is 2.30. The average molecular weight is 534 g/mol. The van der Waals surface area contributed by atoms with Gasteiger partial charge in [0.2, 0.25) is 10.0 Å². The van der Waals surface area contributed by atoms with E-state index >= 15 is 0 Å². The van der Waals surface area contributed by atoms with Gasteiger partial charge in [-0.15, -0.1) is 24.0 Å². The summed E-state index contributed by atoms with van der Waals surface area (Å²) in [5.41, 5.74) is 0.0412. The molecule has 1 aromatic carbocycles. The Kier molecular flexibility index (Phi) is 9.47. The second kappa shape index (κ2) is 10.6. The first-order chi connectivity index (χ1) is 12.6. The Morgan fingerprint density at radius 3 is 2.43 bits per heavy atom. The Labute approximate surface area is 181 Å². The lowest BCUT2D eigenvalue weighted by Gasteiger charge is -2.23. The van der Waals surface area contributed by atoms with Crippen LogP contribution < -0.4 is 5.32 Å². The van der Waals surface area contributed by atoms with Crippen molar-refractivity contribution in [2.24, 2.45) is 4.99 Å². The van der Waals surface area contributed by atoms with Crippen molar-refractivity contribution in [3.8, 4) is 0 Å². The van der Waals surface area contributed by atoms with Crippen LogP contribution in [0.25, 0.3) is 0 Å². The summed E-state index contributed by atoms with van der Waals surface area (Å²) in [6.45, 7) is 4.08. The van der Waals surface area contributed by atoms with Gasteiger partial charge in [-0.05, 0) is 31.0 Å². The van der Waals surface area contributed by atoms with Gasteiger partial charge in [-0.1, -0.05) is 12.1 Å². The molecule has 0 bridgehead atoms. The number of halogens is 4.